The molecule has 318 valence electrons. The normalized spacial score (nSPS) is 11.8. The molecular weight excluding hydrogens is 831 g/mol. The fraction of sp³-hybridized carbons (Fsp3) is 0. The van der Waals surface area contributed by atoms with Crippen LogP contribution in [0.3, 0.4) is 0 Å². The molecule has 0 aliphatic carbocycles. The summed E-state index contributed by atoms with van der Waals surface area (Å²) < 4.78 is 13.8. The number of nitrogens with zero attached hydrogens (tertiary/aromatic N) is 5. The first-order chi connectivity index (χ1) is 33.8. The molecule has 0 N–H and O–H groups in total. The summed E-state index contributed by atoms with van der Waals surface area (Å²) in [6, 6.07) is 84.0. The Hall–Kier alpha value is -9.26. The van der Waals surface area contributed by atoms with E-state index in [0.717, 1.165) is 128 Å². The third-order valence-corrected chi connectivity index (χ3v) is 13.6. The number of benzene rings is 10. The summed E-state index contributed by atoms with van der Waals surface area (Å²) in [6.45, 7) is 0. The molecule has 0 atom stereocenters. The minimum atomic E-state index is 0.784. The lowest BCUT2D eigenvalue weighted by Gasteiger charge is -2.19. The molecule has 6 heteroatoms. The Morgan fingerprint density at radius 2 is 0.721 bits per heavy atom. The molecule has 0 bridgehead atoms. The lowest BCUT2D eigenvalue weighted by atomic mass is 9.92. The molecule has 0 radical (unpaired) electrons. The van der Waals surface area contributed by atoms with Crippen molar-refractivity contribution in [3.05, 3.63) is 237 Å². The zero-order valence-electron chi connectivity index (χ0n) is 36.7. The maximum absolute atomic E-state index is 6.68. The van der Waals surface area contributed by atoms with Gasteiger partial charge in [-0.1, -0.05) is 182 Å². The Labute approximate surface area is 390 Å². The lowest BCUT2D eigenvalue weighted by molar-refractivity contribution is 0.673. The first-order valence-electron chi connectivity index (χ1n) is 23.0. The summed E-state index contributed by atoms with van der Waals surface area (Å²) in [5.41, 5.74) is 15.9. The van der Waals surface area contributed by atoms with Gasteiger partial charge < -0.3 is 13.6 Å². The van der Waals surface area contributed by atoms with Gasteiger partial charge in [0, 0.05) is 49.2 Å². The maximum atomic E-state index is 6.68. The van der Waals surface area contributed by atoms with Gasteiger partial charge in [0.2, 0.25) is 0 Å². The fourth-order valence-corrected chi connectivity index (χ4v) is 10.7. The number of fused-ring (bicyclic) bond motifs is 10. The largest absolute Gasteiger partial charge is 0.455 e. The van der Waals surface area contributed by atoms with Gasteiger partial charge in [0.1, 0.15) is 11.2 Å². The van der Waals surface area contributed by atoms with Gasteiger partial charge >= 0.3 is 0 Å². The first kappa shape index (κ1) is 38.1. The van der Waals surface area contributed by atoms with Gasteiger partial charge in [0.25, 0.3) is 0 Å². The minimum Gasteiger partial charge on any atom is -0.455 e. The summed E-state index contributed by atoms with van der Waals surface area (Å²) in [6.07, 6.45) is 0. The quantitative estimate of drug-likeness (QED) is 0.160. The minimum absolute atomic E-state index is 0.784. The molecule has 0 saturated carbocycles. The highest BCUT2D eigenvalue weighted by atomic mass is 16.3. The molecule has 0 aliphatic rings. The molecule has 0 spiro atoms. The third-order valence-electron chi connectivity index (χ3n) is 13.6. The molecule has 0 fully saturated rings. The van der Waals surface area contributed by atoms with Crippen molar-refractivity contribution < 1.29 is 4.42 Å². The van der Waals surface area contributed by atoms with Crippen LogP contribution < -0.4 is 0 Å². The Morgan fingerprint density at radius 1 is 0.279 bits per heavy atom. The van der Waals surface area contributed by atoms with Crippen LogP contribution in [-0.4, -0.2) is 23.9 Å². The van der Waals surface area contributed by atoms with Gasteiger partial charge in [-0.25, -0.2) is 0 Å². The van der Waals surface area contributed by atoms with Crippen LogP contribution in [0.15, 0.2) is 241 Å². The second kappa shape index (κ2) is 15.2. The number of hydrogen-bond donors (Lipinski definition) is 0. The summed E-state index contributed by atoms with van der Waals surface area (Å²) in [4.78, 5) is 0. The molecule has 14 aromatic rings. The molecule has 10 aromatic carbocycles. The average molecular weight is 870 g/mol. The van der Waals surface area contributed by atoms with Crippen molar-refractivity contribution in [1.82, 2.24) is 23.9 Å². The first-order valence-corrected chi connectivity index (χ1v) is 23.0. The van der Waals surface area contributed by atoms with Gasteiger partial charge in [-0.05, 0) is 65.7 Å². The van der Waals surface area contributed by atoms with Gasteiger partial charge in [0.15, 0.2) is 11.6 Å². The van der Waals surface area contributed by atoms with Gasteiger partial charge in [-0.15, -0.1) is 10.2 Å². The lowest BCUT2D eigenvalue weighted by Crippen LogP contribution is -2.02. The second-order valence-electron chi connectivity index (χ2n) is 17.3. The highest BCUT2D eigenvalue weighted by Gasteiger charge is 2.25. The monoisotopic (exact) mass is 869 g/mol. The van der Waals surface area contributed by atoms with Crippen LogP contribution >= 0.6 is 0 Å². The van der Waals surface area contributed by atoms with Crippen LogP contribution in [-0.2, 0) is 0 Å². The molecule has 0 saturated heterocycles. The summed E-state index contributed by atoms with van der Waals surface area (Å²) in [5, 5.41) is 16.5. The van der Waals surface area contributed by atoms with E-state index in [1.54, 1.807) is 0 Å². The van der Waals surface area contributed by atoms with E-state index >= 15 is 0 Å². The van der Waals surface area contributed by atoms with Crippen molar-refractivity contribution in [2.75, 3.05) is 0 Å². The van der Waals surface area contributed by atoms with Crippen LogP contribution in [0.2, 0.25) is 0 Å². The molecule has 4 aromatic heterocycles. The maximum Gasteiger partial charge on any atom is 0.168 e. The van der Waals surface area contributed by atoms with Crippen molar-refractivity contribution in [3.63, 3.8) is 0 Å². The van der Waals surface area contributed by atoms with Crippen LogP contribution in [0.4, 0.5) is 0 Å². The van der Waals surface area contributed by atoms with E-state index in [0.29, 0.717) is 0 Å². The number of para-hydroxylation sites is 5. The van der Waals surface area contributed by atoms with Crippen molar-refractivity contribution in [1.29, 1.82) is 0 Å². The number of hydrogen-bond acceptors (Lipinski definition) is 3. The van der Waals surface area contributed by atoms with Crippen molar-refractivity contribution in [2.24, 2.45) is 0 Å². The highest BCUT2D eigenvalue weighted by Crippen LogP contribution is 2.46. The van der Waals surface area contributed by atoms with E-state index in [4.69, 9.17) is 14.6 Å². The smallest absolute Gasteiger partial charge is 0.168 e. The Balaban J connectivity index is 0.993. The van der Waals surface area contributed by atoms with E-state index in [1.807, 2.05) is 18.2 Å². The topological polar surface area (TPSA) is 53.7 Å². The Kier molecular flexibility index (Phi) is 8.48. The second-order valence-corrected chi connectivity index (χ2v) is 17.3. The molecule has 4 heterocycles. The highest BCUT2D eigenvalue weighted by molar-refractivity contribution is 6.24. The van der Waals surface area contributed by atoms with Crippen molar-refractivity contribution in [2.45, 2.75) is 0 Å². The molecule has 14 rings (SSSR count). The standard InChI is InChI=1S/C62H39N5O/c1-3-20-40(21-4-1)61-63-64-62(41-22-5-2-6-23-41)67(61)55-36-19-35-54-58(55)48-29-11-16-33-52(48)65(54)50-31-14-9-26-44(50)42-24-7-8-25-43(42)45-27-10-15-32-51(45)66-53-34-17-12-30-49(53)59-56(66)39-38-47-46-28-13-18-37-57(46)68-60(47)59/h1-39H. The van der Waals surface area contributed by atoms with E-state index in [-0.39, 0.29) is 0 Å². The number of rotatable bonds is 7. The van der Waals surface area contributed by atoms with Gasteiger partial charge in [-0.2, -0.15) is 0 Å². The fourth-order valence-electron chi connectivity index (χ4n) is 10.7. The zero-order chi connectivity index (χ0) is 44.7. The third kappa shape index (κ3) is 5.64. The molecule has 68 heavy (non-hydrogen) atoms. The van der Waals surface area contributed by atoms with Crippen molar-refractivity contribution >= 4 is 65.6 Å². The van der Waals surface area contributed by atoms with E-state index < -0.39 is 0 Å². The zero-order valence-corrected chi connectivity index (χ0v) is 36.7. The average Bonchev–Trinajstić information content (AvgIpc) is 4.19. The van der Waals surface area contributed by atoms with E-state index in [1.165, 1.54) is 0 Å². The van der Waals surface area contributed by atoms with E-state index in [2.05, 4.69) is 232 Å². The molecule has 0 amide bonds. The predicted octanol–water partition coefficient (Wildman–Crippen LogP) is 16.0. The van der Waals surface area contributed by atoms with Gasteiger partial charge in [0.05, 0.1) is 44.5 Å². The molecule has 6 nitrogen and oxygen atoms in total. The molecule has 0 unspecified atom stereocenters. The van der Waals surface area contributed by atoms with Crippen LogP contribution in [0, 0.1) is 0 Å². The van der Waals surface area contributed by atoms with Gasteiger partial charge in [-0.3, -0.25) is 4.57 Å². The predicted molar refractivity (Wildman–Crippen MR) is 279 cm³/mol. The SMILES string of the molecule is c1ccc(-c2nnc(-c3ccccc3)n2-c2cccc3c2c2ccccc2n3-c2ccccc2-c2ccccc2-c2ccccc2-n2c3ccccc3c3c4oc5ccccc5c4ccc32)cc1. The summed E-state index contributed by atoms with van der Waals surface area (Å²) in [5.74, 6) is 1.57. The Morgan fingerprint density at radius 3 is 1.32 bits per heavy atom. The Bertz CT molecular complexity index is 4210. The van der Waals surface area contributed by atoms with Crippen molar-refractivity contribution in [3.8, 4) is 62.1 Å². The van der Waals surface area contributed by atoms with Crippen LogP contribution in [0.5, 0.6) is 0 Å². The summed E-state index contributed by atoms with van der Waals surface area (Å²) in [7, 11) is 0. The van der Waals surface area contributed by atoms with Crippen LogP contribution in [0.25, 0.3) is 128 Å². The number of furan rings is 1. The molecular formula is C62H39N5O. The molecule has 0 aliphatic heterocycles. The van der Waals surface area contributed by atoms with E-state index in [9.17, 15) is 0 Å². The van der Waals surface area contributed by atoms with Crippen LogP contribution in [0.1, 0.15) is 0 Å². The summed E-state index contributed by atoms with van der Waals surface area (Å²) >= 11 is 0. The number of aromatic nitrogens is 5.